The van der Waals surface area contributed by atoms with Gasteiger partial charge in [-0.05, 0) is 54.8 Å². The maximum absolute atomic E-state index is 12.6. The van der Waals surface area contributed by atoms with Crippen LogP contribution in [0.4, 0.5) is 0 Å². The molecule has 2 aromatic rings. The fourth-order valence-corrected chi connectivity index (χ4v) is 4.41. The van der Waals surface area contributed by atoms with Gasteiger partial charge in [0.15, 0.2) is 0 Å². The van der Waals surface area contributed by atoms with Crippen LogP contribution in [0.1, 0.15) is 31.4 Å². The van der Waals surface area contributed by atoms with Crippen molar-refractivity contribution in [2.24, 2.45) is 5.41 Å². The largest absolute Gasteiger partial charge is 0.340 e. The van der Waals surface area contributed by atoms with E-state index >= 15 is 0 Å². The van der Waals surface area contributed by atoms with E-state index in [4.69, 9.17) is 0 Å². The summed E-state index contributed by atoms with van der Waals surface area (Å²) in [5, 5.41) is 11.0. The fraction of sp³-hybridized carbons (Fsp3) is 0.611. The van der Waals surface area contributed by atoms with Gasteiger partial charge in [0.1, 0.15) is 12.9 Å². The summed E-state index contributed by atoms with van der Waals surface area (Å²) in [6.07, 6.45) is 7.99. The highest BCUT2D eigenvalue weighted by Gasteiger charge is 2.40. The van der Waals surface area contributed by atoms with Gasteiger partial charge in [-0.25, -0.2) is 4.68 Å². The molecule has 0 aromatic carbocycles. The van der Waals surface area contributed by atoms with E-state index in [-0.39, 0.29) is 17.9 Å². The van der Waals surface area contributed by atoms with E-state index in [0.29, 0.717) is 0 Å². The quantitative estimate of drug-likeness (QED) is 0.813. The number of nitrogens with zero attached hydrogens (tertiary/aromatic N) is 7. The number of hydrogen-bond acceptors (Lipinski definition) is 6. The number of carbonyl (C=O) groups excluding carboxylic acids is 1. The van der Waals surface area contributed by atoms with Crippen molar-refractivity contribution in [2.45, 2.75) is 38.8 Å². The summed E-state index contributed by atoms with van der Waals surface area (Å²) in [6.45, 7) is 4.94. The molecule has 2 aliphatic rings. The molecule has 4 heterocycles. The molecule has 0 aliphatic carbocycles. The zero-order valence-corrected chi connectivity index (χ0v) is 15.0. The number of amides is 1. The zero-order valence-electron chi connectivity index (χ0n) is 15.0. The Morgan fingerprint density at radius 2 is 2.04 bits per heavy atom. The Balaban J connectivity index is 1.39. The molecule has 2 aromatic heterocycles. The average molecular weight is 355 g/mol. The Bertz CT molecular complexity index is 716. The first-order chi connectivity index (χ1) is 12.7. The molecule has 138 valence electrons. The van der Waals surface area contributed by atoms with Gasteiger partial charge in [0.25, 0.3) is 0 Å². The van der Waals surface area contributed by atoms with E-state index in [1.807, 2.05) is 23.2 Å². The van der Waals surface area contributed by atoms with E-state index in [9.17, 15) is 4.79 Å². The van der Waals surface area contributed by atoms with Crippen LogP contribution in [0, 0.1) is 5.41 Å². The molecule has 2 saturated heterocycles. The van der Waals surface area contributed by atoms with Crippen molar-refractivity contribution in [1.29, 1.82) is 0 Å². The van der Waals surface area contributed by atoms with Crippen molar-refractivity contribution >= 4 is 5.91 Å². The van der Waals surface area contributed by atoms with Crippen LogP contribution < -0.4 is 0 Å². The van der Waals surface area contributed by atoms with E-state index in [1.165, 1.54) is 30.3 Å². The molecule has 1 atom stereocenters. The number of rotatable bonds is 4. The lowest BCUT2D eigenvalue weighted by Gasteiger charge is -2.48. The lowest BCUT2D eigenvalue weighted by atomic mass is 9.73. The van der Waals surface area contributed by atoms with E-state index in [1.54, 1.807) is 0 Å². The van der Waals surface area contributed by atoms with Gasteiger partial charge in [-0.1, -0.05) is 6.07 Å². The van der Waals surface area contributed by atoms with Crippen molar-refractivity contribution in [2.75, 3.05) is 26.2 Å². The SMILES string of the molecule is O=C(Cn1cnnn1)N1CCCC2(CCCN(Cc3ccccn3)C2)C1. The number of carbonyl (C=O) groups is 1. The molecule has 2 aliphatic heterocycles. The summed E-state index contributed by atoms with van der Waals surface area (Å²) < 4.78 is 1.50. The number of pyridine rings is 1. The molecule has 8 nitrogen and oxygen atoms in total. The maximum Gasteiger partial charge on any atom is 0.244 e. The number of tetrazole rings is 1. The van der Waals surface area contributed by atoms with Crippen LogP contribution in [-0.4, -0.2) is 67.1 Å². The predicted molar refractivity (Wildman–Crippen MR) is 94.8 cm³/mol. The van der Waals surface area contributed by atoms with Crippen LogP contribution in [-0.2, 0) is 17.9 Å². The molecule has 26 heavy (non-hydrogen) atoms. The summed E-state index contributed by atoms with van der Waals surface area (Å²) in [7, 11) is 0. The van der Waals surface area contributed by atoms with E-state index in [0.717, 1.165) is 44.8 Å². The number of hydrogen-bond donors (Lipinski definition) is 0. The molecule has 0 radical (unpaired) electrons. The van der Waals surface area contributed by atoms with E-state index < -0.39 is 0 Å². The highest BCUT2D eigenvalue weighted by molar-refractivity contribution is 5.76. The van der Waals surface area contributed by atoms with Crippen molar-refractivity contribution in [3.8, 4) is 0 Å². The summed E-state index contributed by atoms with van der Waals surface area (Å²) in [5.41, 5.74) is 1.33. The standard InChI is InChI=1S/C18H25N7O/c26-17(12-25-15-20-21-22-25)24-10-4-7-18(14-24)6-3-9-23(13-18)11-16-5-1-2-8-19-16/h1-2,5,8,15H,3-4,6-7,9-14H2. The second kappa shape index (κ2) is 7.49. The Hall–Kier alpha value is -2.35. The monoisotopic (exact) mass is 355 g/mol. The minimum atomic E-state index is 0.109. The van der Waals surface area contributed by atoms with Crippen LogP contribution in [0.3, 0.4) is 0 Å². The molecule has 0 N–H and O–H groups in total. The van der Waals surface area contributed by atoms with Crippen molar-refractivity contribution in [1.82, 2.24) is 35.0 Å². The van der Waals surface area contributed by atoms with Crippen molar-refractivity contribution < 1.29 is 4.79 Å². The third-order valence-corrected chi connectivity index (χ3v) is 5.56. The zero-order chi connectivity index (χ0) is 17.8. The Labute approximate surface area is 153 Å². The fourth-order valence-electron chi connectivity index (χ4n) is 4.41. The number of piperidine rings is 2. The summed E-state index contributed by atoms with van der Waals surface area (Å²) in [4.78, 5) is 21.6. The van der Waals surface area contributed by atoms with Gasteiger partial charge in [-0.2, -0.15) is 0 Å². The van der Waals surface area contributed by atoms with Gasteiger partial charge in [-0.3, -0.25) is 14.7 Å². The molecule has 8 heteroatoms. The second-order valence-electron chi connectivity index (χ2n) is 7.56. The normalized spacial score (nSPS) is 24.1. The third kappa shape index (κ3) is 3.90. The molecule has 2 fully saturated rings. The first-order valence-corrected chi connectivity index (χ1v) is 9.33. The first-order valence-electron chi connectivity index (χ1n) is 9.33. The molecule has 0 saturated carbocycles. The third-order valence-electron chi connectivity index (χ3n) is 5.56. The number of likely N-dealkylation sites (tertiary alicyclic amines) is 2. The lowest BCUT2D eigenvalue weighted by Crippen LogP contribution is -2.54. The summed E-state index contributed by atoms with van der Waals surface area (Å²) in [5.74, 6) is 0.109. The number of aromatic nitrogens is 5. The average Bonchev–Trinajstić information content (AvgIpc) is 3.16. The Morgan fingerprint density at radius 1 is 1.15 bits per heavy atom. The van der Waals surface area contributed by atoms with Gasteiger partial charge in [-0.15, -0.1) is 5.10 Å². The molecule has 4 rings (SSSR count). The smallest absolute Gasteiger partial charge is 0.244 e. The summed E-state index contributed by atoms with van der Waals surface area (Å²) >= 11 is 0. The molecule has 1 unspecified atom stereocenters. The Morgan fingerprint density at radius 3 is 2.81 bits per heavy atom. The van der Waals surface area contributed by atoms with Gasteiger partial charge in [0.05, 0.1) is 5.69 Å². The van der Waals surface area contributed by atoms with Crippen LogP contribution >= 0.6 is 0 Å². The highest BCUT2D eigenvalue weighted by Crippen LogP contribution is 2.38. The molecule has 0 bridgehead atoms. The van der Waals surface area contributed by atoms with Crippen LogP contribution in [0.25, 0.3) is 0 Å². The first kappa shape index (κ1) is 17.1. The predicted octanol–water partition coefficient (Wildman–Crippen LogP) is 0.973. The van der Waals surface area contributed by atoms with Crippen molar-refractivity contribution in [3.63, 3.8) is 0 Å². The van der Waals surface area contributed by atoms with E-state index in [2.05, 4.69) is 31.5 Å². The second-order valence-corrected chi connectivity index (χ2v) is 7.56. The lowest BCUT2D eigenvalue weighted by molar-refractivity contribution is -0.136. The van der Waals surface area contributed by atoms with Crippen molar-refractivity contribution in [3.05, 3.63) is 36.4 Å². The summed E-state index contributed by atoms with van der Waals surface area (Å²) in [6, 6.07) is 6.09. The van der Waals surface area contributed by atoms with Gasteiger partial charge in [0, 0.05) is 37.8 Å². The van der Waals surface area contributed by atoms with Crippen LogP contribution in [0.5, 0.6) is 0 Å². The maximum atomic E-state index is 12.6. The highest BCUT2D eigenvalue weighted by atomic mass is 16.2. The molecular formula is C18H25N7O. The molecule has 1 spiro atoms. The minimum absolute atomic E-state index is 0.109. The van der Waals surface area contributed by atoms with Gasteiger partial charge in [0.2, 0.25) is 5.91 Å². The Kier molecular flexibility index (Phi) is 4.92. The van der Waals surface area contributed by atoms with Crippen LogP contribution in [0.15, 0.2) is 30.7 Å². The van der Waals surface area contributed by atoms with Crippen LogP contribution in [0.2, 0.25) is 0 Å². The molecular weight excluding hydrogens is 330 g/mol. The van der Waals surface area contributed by atoms with Gasteiger partial charge >= 0.3 is 0 Å². The molecule has 1 amide bonds. The minimum Gasteiger partial charge on any atom is -0.340 e. The topological polar surface area (TPSA) is 80.0 Å². The van der Waals surface area contributed by atoms with Gasteiger partial charge < -0.3 is 4.90 Å².